The van der Waals surface area contributed by atoms with E-state index in [1.165, 1.54) is 28.8 Å². The van der Waals surface area contributed by atoms with E-state index >= 15 is 0 Å². The highest BCUT2D eigenvalue weighted by molar-refractivity contribution is 8.05. The molecule has 2 atom stereocenters. The molecule has 3 aromatic rings. The first-order valence-electron chi connectivity index (χ1n) is 12.1. The van der Waals surface area contributed by atoms with E-state index in [0.717, 1.165) is 16.7 Å². The molecule has 1 aliphatic heterocycles. The van der Waals surface area contributed by atoms with Crippen LogP contribution in [-0.4, -0.2) is 17.1 Å². The third kappa shape index (κ3) is 5.92. The van der Waals surface area contributed by atoms with Gasteiger partial charge in [-0.15, -0.1) is 0 Å². The molecular formula is C30H28FN3O2S. The summed E-state index contributed by atoms with van der Waals surface area (Å²) >= 11 is 1.19. The van der Waals surface area contributed by atoms with E-state index in [1.807, 2.05) is 67.6 Å². The van der Waals surface area contributed by atoms with Gasteiger partial charge in [0.1, 0.15) is 22.5 Å². The summed E-state index contributed by atoms with van der Waals surface area (Å²) in [6, 6.07) is 24.8. The van der Waals surface area contributed by atoms with E-state index < -0.39 is 11.2 Å². The fourth-order valence-electron chi connectivity index (χ4n) is 4.16. The molecule has 1 heterocycles. The molecule has 0 spiro atoms. The van der Waals surface area contributed by atoms with Gasteiger partial charge in [0.25, 0.3) is 5.91 Å². The summed E-state index contributed by atoms with van der Waals surface area (Å²) in [5.41, 5.74) is 3.30. The number of nitriles is 1. The van der Waals surface area contributed by atoms with Gasteiger partial charge in [0.15, 0.2) is 0 Å². The van der Waals surface area contributed by atoms with Crippen LogP contribution in [0, 0.1) is 17.1 Å². The van der Waals surface area contributed by atoms with Gasteiger partial charge in [-0.3, -0.25) is 14.5 Å². The van der Waals surface area contributed by atoms with Crippen LogP contribution in [0.15, 0.2) is 89.5 Å². The number of nitrogens with zero attached hydrogens (tertiary/aromatic N) is 2. The van der Waals surface area contributed by atoms with Gasteiger partial charge in [-0.25, -0.2) is 4.39 Å². The Morgan fingerprint density at radius 2 is 1.65 bits per heavy atom. The maximum atomic E-state index is 13.6. The van der Waals surface area contributed by atoms with Crippen molar-refractivity contribution in [3.05, 3.63) is 112 Å². The Morgan fingerprint density at radius 3 is 2.24 bits per heavy atom. The van der Waals surface area contributed by atoms with Crippen LogP contribution in [-0.2, 0) is 16.0 Å². The van der Waals surface area contributed by atoms with Gasteiger partial charge < -0.3 is 5.32 Å². The number of carbonyl (C=O) groups is 2. The molecule has 1 N–H and O–H groups in total. The first-order valence-corrected chi connectivity index (χ1v) is 13.0. The second-order valence-electron chi connectivity index (χ2n) is 9.25. The summed E-state index contributed by atoms with van der Waals surface area (Å²) in [7, 11) is 0. The minimum atomic E-state index is -0.562. The maximum Gasteiger partial charge on any atom is 0.265 e. The fraction of sp³-hybridized carbons (Fsp3) is 0.233. The quantitative estimate of drug-likeness (QED) is 0.299. The average molecular weight is 514 g/mol. The number of hydrogen-bond acceptors (Lipinski definition) is 4. The largest absolute Gasteiger partial charge is 0.345 e. The Kier molecular flexibility index (Phi) is 8.10. The lowest BCUT2D eigenvalue weighted by Gasteiger charge is -2.20. The van der Waals surface area contributed by atoms with Crippen molar-refractivity contribution in [2.45, 2.75) is 44.4 Å². The van der Waals surface area contributed by atoms with Crippen LogP contribution < -0.4 is 10.2 Å². The van der Waals surface area contributed by atoms with Crippen molar-refractivity contribution in [1.29, 1.82) is 5.26 Å². The zero-order valence-corrected chi connectivity index (χ0v) is 21.8. The first-order chi connectivity index (χ1) is 17.8. The van der Waals surface area contributed by atoms with E-state index in [4.69, 9.17) is 0 Å². The molecule has 0 radical (unpaired) electrons. The van der Waals surface area contributed by atoms with Gasteiger partial charge in [-0.1, -0.05) is 80.2 Å². The molecule has 2 unspecified atom stereocenters. The molecule has 1 saturated heterocycles. The first kappa shape index (κ1) is 26.2. The molecule has 0 aromatic heterocycles. The van der Waals surface area contributed by atoms with Crippen molar-refractivity contribution >= 4 is 29.3 Å². The van der Waals surface area contributed by atoms with Gasteiger partial charge in [-0.05, 0) is 60.2 Å². The average Bonchev–Trinajstić information content (AvgIpc) is 3.21. The van der Waals surface area contributed by atoms with E-state index in [0.29, 0.717) is 23.1 Å². The molecule has 5 nitrogen and oxygen atoms in total. The lowest BCUT2D eigenvalue weighted by molar-refractivity contribution is -0.117. The van der Waals surface area contributed by atoms with E-state index in [-0.39, 0.29) is 23.3 Å². The summed E-state index contributed by atoms with van der Waals surface area (Å²) in [5.74, 6) is -0.796. The second-order valence-corrected chi connectivity index (χ2v) is 10.4. The van der Waals surface area contributed by atoms with Crippen molar-refractivity contribution in [2.75, 3.05) is 4.90 Å². The van der Waals surface area contributed by atoms with Crippen molar-refractivity contribution in [3.8, 4) is 6.07 Å². The molecular weight excluding hydrogens is 485 g/mol. The lowest BCUT2D eigenvalue weighted by Crippen LogP contribution is -2.32. The second kappa shape index (κ2) is 11.4. The summed E-state index contributed by atoms with van der Waals surface area (Å²) in [6.07, 6.45) is 0.342. The van der Waals surface area contributed by atoms with Crippen LogP contribution in [0.5, 0.6) is 0 Å². The van der Waals surface area contributed by atoms with Gasteiger partial charge >= 0.3 is 0 Å². The summed E-state index contributed by atoms with van der Waals surface area (Å²) < 4.78 is 13.4. The van der Waals surface area contributed by atoms with Gasteiger partial charge in [0.2, 0.25) is 5.91 Å². The molecule has 3 aromatic carbocycles. The Morgan fingerprint density at radius 1 is 1.00 bits per heavy atom. The Hall–Kier alpha value is -3.89. The summed E-state index contributed by atoms with van der Waals surface area (Å²) in [5, 5.41) is 12.7. The molecule has 188 valence electrons. The van der Waals surface area contributed by atoms with E-state index in [1.54, 1.807) is 12.1 Å². The van der Waals surface area contributed by atoms with Crippen LogP contribution in [0.2, 0.25) is 0 Å². The standard InChI is InChI=1S/C30H28FN3O2S/c1-19(2)22-11-15-25(16-12-22)34-29(36)27(17-21-9-13-24(31)14-10-21)37-30(34)26(18-32)28(35)33-20(3)23-7-5-4-6-8-23/h4-16,19-20,27H,17H2,1-3H3,(H,33,35)/b30-26-. The van der Waals surface area contributed by atoms with Crippen LogP contribution in [0.1, 0.15) is 49.4 Å². The third-order valence-electron chi connectivity index (χ3n) is 6.31. The molecule has 4 rings (SSSR count). The Labute approximate surface area is 221 Å². The van der Waals surface area contributed by atoms with Crippen molar-refractivity contribution < 1.29 is 14.0 Å². The molecule has 37 heavy (non-hydrogen) atoms. The van der Waals surface area contributed by atoms with Gasteiger partial charge in [0.05, 0.1) is 11.3 Å². The predicted molar refractivity (Wildman–Crippen MR) is 145 cm³/mol. The fourth-order valence-corrected chi connectivity index (χ4v) is 5.47. The normalized spacial score (nSPS) is 17.5. The van der Waals surface area contributed by atoms with Crippen LogP contribution in [0.3, 0.4) is 0 Å². The molecule has 1 aliphatic rings. The number of hydrogen-bond donors (Lipinski definition) is 1. The third-order valence-corrected chi connectivity index (χ3v) is 7.57. The lowest BCUT2D eigenvalue weighted by atomic mass is 10.0. The minimum Gasteiger partial charge on any atom is -0.345 e. The van der Waals surface area contributed by atoms with Crippen LogP contribution >= 0.6 is 11.8 Å². The molecule has 2 amide bonds. The SMILES string of the molecule is CC(C)c1ccc(N2C(=O)C(Cc3ccc(F)cc3)S/C2=C(/C#N)C(=O)NC(C)c2ccccc2)cc1. The smallest absolute Gasteiger partial charge is 0.265 e. The summed E-state index contributed by atoms with van der Waals surface area (Å²) in [4.78, 5) is 28.4. The number of benzene rings is 3. The predicted octanol–water partition coefficient (Wildman–Crippen LogP) is 6.25. The number of rotatable bonds is 7. The molecule has 0 saturated carbocycles. The number of halogens is 1. The molecule has 7 heteroatoms. The van der Waals surface area contributed by atoms with E-state index in [9.17, 15) is 19.2 Å². The number of carbonyl (C=O) groups excluding carboxylic acids is 2. The van der Waals surface area contributed by atoms with Crippen LogP contribution in [0.25, 0.3) is 0 Å². The molecule has 0 aliphatic carbocycles. The Bertz CT molecular complexity index is 1350. The van der Waals surface area contributed by atoms with E-state index in [2.05, 4.69) is 19.2 Å². The van der Waals surface area contributed by atoms with Crippen molar-refractivity contribution in [1.82, 2.24) is 5.32 Å². The zero-order chi connectivity index (χ0) is 26.5. The highest BCUT2D eigenvalue weighted by Crippen LogP contribution is 2.42. The minimum absolute atomic E-state index is 0.115. The van der Waals surface area contributed by atoms with Gasteiger partial charge in [-0.2, -0.15) is 5.26 Å². The number of thioether (sulfide) groups is 1. The Balaban J connectivity index is 1.70. The zero-order valence-electron chi connectivity index (χ0n) is 20.9. The van der Waals surface area contributed by atoms with Gasteiger partial charge in [0, 0.05) is 5.69 Å². The number of amides is 2. The summed E-state index contributed by atoms with van der Waals surface area (Å²) in [6.45, 7) is 6.02. The monoisotopic (exact) mass is 513 g/mol. The number of anilines is 1. The van der Waals surface area contributed by atoms with Crippen molar-refractivity contribution in [2.24, 2.45) is 0 Å². The molecule has 0 bridgehead atoms. The topological polar surface area (TPSA) is 73.2 Å². The molecule has 1 fully saturated rings. The highest BCUT2D eigenvalue weighted by atomic mass is 32.2. The maximum absolute atomic E-state index is 13.6. The highest BCUT2D eigenvalue weighted by Gasteiger charge is 2.41. The van der Waals surface area contributed by atoms with Crippen LogP contribution in [0.4, 0.5) is 10.1 Å². The van der Waals surface area contributed by atoms with Crippen molar-refractivity contribution in [3.63, 3.8) is 0 Å². The number of nitrogens with one attached hydrogen (secondary N) is 1.